The predicted molar refractivity (Wildman–Crippen MR) is 130 cm³/mol. The zero-order valence-corrected chi connectivity index (χ0v) is 20.1. The number of carboxylic acids is 1. The number of nitrogens with one attached hydrogen (secondary N) is 2. The van der Waals surface area contributed by atoms with E-state index in [1.165, 1.54) is 0 Å². The molecule has 0 saturated carbocycles. The van der Waals surface area contributed by atoms with Gasteiger partial charge in [-0.3, -0.25) is 4.79 Å². The molecule has 0 radical (unpaired) electrons. The third-order valence-electron chi connectivity index (χ3n) is 7.06. The van der Waals surface area contributed by atoms with E-state index in [2.05, 4.69) is 22.8 Å². The van der Waals surface area contributed by atoms with E-state index >= 15 is 0 Å². The molecule has 1 heterocycles. The lowest BCUT2D eigenvalue weighted by atomic mass is 9.84. The zero-order valence-electron chi connectivity index (χ0n) is 20.1. The lowest BCUT2D eigenvalue weighted by Crippen LogP contribution is -2.56. The molecule has 1 aliphatic heterocycles. The predicted octanol–water partition coefficient (Wildman–Crippen LogP) is 3.69. The number of rotatable bonds is 9. The molecule has 4 rings (SSSR count). The van der Waals surface area contributed by atoms with Crippen LogP contribution in [0.25, 0.3) is 11.1 Å². The van der Waals surface area contributed by atoms with Crippen molar-refractivity contribution >= 4 is 18.0 Å². The SMILES string of the molecule is CCCCC(NC(=O)C1(C)COCC1NC(=O)OCC1c2ccccc2-c2ccccc21)C(=O)O. The Bertz CT molecular complexity index is 1060. The molecule has 2 aromatic rings. The minimum atomic E-state index is -1.11. The van der Waals surface area contributed by atoms with E-state index in [1.54, 1.807) is 6.92 Å². The van der Waals surface area contributed by atoms with E-state index in [9.17, 15) is 19.5 Å². The Kier molecular flexibility index (Phi) is 7.40. The van der Waals surface area contributed by atoms with Gasteiger partial charge in [0.2, 0.25) is 5.91 Å². The number of amides is 2. The Morgan fingerprint density at radius 2 is 1.74 bits per heavy atom. The van der Waals surface area contributed by atoms with E-state index in [-0.39, 0.29) is 25.7 Å². The monoisotopic (exact) mass is 480 g/mol. The molecular weight excluding hydrogens is 448 g/mol. The van der Waals surface area contributed by atoms with E-state index in [0.29, 0.717) is 12.8 Å². The molecular formula is C27H32N2O6. The van der Waals surface area contributed by atoms with Gasteiger partial charge in [-0.1, -0.05) is 68.3 Å². The van der Waals surface area contributed by atoms with Crippen LogP contribution in [0.1, 0.15) is 50.2 Å². The van der Waals surface area contributed by atoms with Crippen LogP contribution in [0, 0.1) is 5.41 Å². The number of fused-ring (bicyclic) bond motifs is 3. The van der Waals surface area contributed by atoms with Crippen LogP contribution >= 0.6 is 0 Å². The van der Waals surface area contributed by atoms with Gasteiger partial charge < -0.3 is 25.2 Å². The van der Waals surface area contributed by atoms with Gasteiger partial charge in [0.1, 0.15) is 12.6 Å². The summed E-state index contributed by atoms with van der Waals surface area (Å²) in [6, 6.07) is 14.6. The Balaban J connectivity index is 1.39. The van der Waals surface area contributed by atoms with Gasteiger partial charge in [0.05, 0.1) is 24.7 Å². The van der Waals surface area contributed by atoms with E-state index < -0.39 is 35.5 Å². The standard InChI is InChI=1S/C27H32N2O6/c1-3-4-13-22(24(30)31)28-25(32)27(2)16-34-15-23(27)29-26(33)35-14-21-19-11-7-5-9-17(19)18-10-6-8-12-20(18)21/h5-12,21-23H,3-4,13-16H2,1-2H3,(H,28,32)(H,29,33)(H,30,31). The van der Waals surface area contributed by atoms with Crippen molar-refractivity contribution in [1.29, 1.82) is 0 Å². The van der Waals surface area contributed by atoms with Gasteiger partial charge in [0.25, 0.3) is 0 Å². The van der Waals surface area contributed by atoms with Gasteiger partial charge in [-0.15, -0.1) is 0 Å². The number of alkyl carbamates (subject to hydrolysis) is 1. The number of hydrogen-bond acceptors (Lipinski definition) is 5. The van der Waals surface area contributed by atoms with Gasteiger partial charge in [-0.25, -0.2) is 9.59 Å². The van der Waals surface area contributed by atoms with Crippen LogP contribution in [-0.2, 0) is 19.1 Å². The second kappa shape index (κ2) is 10.5. The highest BCUT2D eigenvalue weighted by molar-refractivity contribution is 5.88. The van der Waals surface area contributed by atoms with Crippen LogP contribution in [0.15, 0.2) is 48.5 Å². The molecule has 2 amide bonds. The maximum Gasteiger partial charge on any atom is 0.407 e. The minimum Gasteiger partial charge on any atom is -0.480 e. The number of hydrogen-bond donors (Lipinski definition) is 3. The molecule has 8 nitrogen and oxygen atoms in total. The number of carbonyl (C=O) groups is 3. The highest BCUT2D eigenvalue weighted by atomic mass is 16.5. The normalized spacial score (nSPS) is 21.6. The van der Waals surface area contributed by atoms with Crippen molar-refractivity contribution in [2.24, 2.45) is 5.41 Å². The van der Waals surface area contributed by atoms with Crippen LogP contribution in [0.4, 0.5) is 4.79 Å². The molecule has 1 saturated heterocycles. The van der Waals surface area contributed by atoms with Crippen molar-refractivity contribution in [2.45, 2.75) is 51.1 Å². The van der Waals surface area contributed by atoms with Crippen molar-refractivity contribution < 1.29 is 29.0 Å². The van der Waals surface area contributed by atoms with Crippen LogP contribution in [0.3, 0.4) is 0 Å². The molecule has 0 aromatic heterocycles. The molecule has 35 heavy (non-hydrogen) atoms. The second-order valence-electron chi connectivity index (χ2n) is 9.46. The zero-order chi connectivity index (χ0) is 25.0. The number of carboxylic acid groups (broad SMARTS) is 1. The van der Waals surface area contributed by atoms with Gasteiger partial charge in [-0.05, 0) is 35.6 Å². The lowest BCUT2D eigenvalue weighted by Gasteiger charge is -2.30. The first-order chi connectivity index (χ1) is 16.8. The van der Waals surface area contributed by atoms with Crippen molar-refractivity contribution in [3.05, 3.63) is 59.7 Å². The molecule has 1 fully saturated rings. The average molecular weight is 481 g/mol. The van der Waals surface area contributed by atoms with Crippen LogP contribution in [0.5, 0.6) is 0 Å². The highest BCUT2D eigenvalue weighted by Crippen LogP contribution is 2.44. The average Bonchev–Trinajstić information content (AvgIpc) is 3.38. The summed E-state index contributed by atoms with van der Waals surface area (Å²) < 4.78 is 11.1. The number of benzene rings is 2. The first-order valence-corrected chi connectivity index (χ1v) is 12.1. The number of ether oxygens (including phenoxy) is 2. The van der Waals surface area contributed by atoms with Gasteiger partial charge in [-0.2, -0.15) is 0 Å². The quantitative estimate of drug-likeness (QED) is 0.504. The van der Waals surface area contributed by atoms with Crippen molar-refractivity contribution in [1.82, 2.24) is 10.6 Å². The van der Waals surface area contributed by atoms with Crippen LogP contribution in [-0.4, -0.2) is 55.0 Å². The number of carbonyl (C=O) groups excluding carboxylic acids is 2. The van der Waals surface area contributed by atoms with Gasteiger partial charge in [0.15, 0.2) is 0 Å². The molecule has 2 aliphatic rings. The fourth-order valence-corrected chi connectivity index (χ4v) is 4.87. The maximum atomic E-state index is 13.0. The summed E-state index contributed by atoms with van der Waals surface area (Å²) in [4.78, 5) is 37.3. The van der Waals surface area contributed by atoms with E-state index in [1.807, 2.05) is 43.3 Å². The maximum absolute atomic E-state index is 13.0. The van der Waals surface area contributed by atoms with Gasteiger partial charge >= 0.3 is 12.1 Å². The Morgan fingerprint density at radius 3 is 2.34 bits per heavy atom. The van der Waals surface area contributed by atoms with Crippen LogP contribution < -0.4 is 10.6 Å². The first kappa shape index (κ1) is 24.7. The summed E-state index contributed by atoms with van der Waals surface area (Å²) in [7, 11) is 0. The fourth-order valence-electron chi connectivity index (χ4n) is 4.87. The molecule has 0 spiro atoms. The summed E-state index contributed by atoms with van der Waals surface area (Å²) in [6.45, 7) is 4.01. The fraction of sp³-hybridized carbons (Fsp3) is 0.444. The molecule has 3 N–H and O–H groups in total. The van der Waals surface area contributed by atoms with Crippen LogP contribution in [0.2, 0.25) is 0 Å². The Labute approximate surface area is 205 Å². The number of unbranched alkanes of at least 4 members (excludes halogenated alkanes) is 1. The summed E-state index contributed by atoms with van der Waals surface area (Å²) in [5.74, 6) is -1.60. The van der Waals surface area contributed by atoms with Crippen molar-refractivity contribution in [3.8, 4) is 11.1 Å². The van der Waals surface area contributed by atoms with Crippen molar-refractivity contribution in [3.63, 3.8) is 0 Å². The Morgan fingerprint density at radius 1 is 1.11 bits per heavy atom. The summed E-state index contributed by atoms with van der Waals surface area (Å²) in [5, 5.41) is 14.9. The second-order valence-corrected chi connectivity index (χ2v) is 9.46. The summed E-state index contributed by atoms with van der Waals surface area (Å²) in [6.07, 6.45) is 1.22. The molecule has 2 aromatic carbocycles. The molecule has 0 bridgehead atoms. The van der Waals surface area contributed by atoms with Gasteiger partial charge in [0, 0.05) is 5.92 Å². The highest BCUT2D eigenvalue weighted by Gasteiger charge is 2.48. The van der Waals surface area contributed by atoms with E-state index in [4.69, 9.17) is 9.47 Å². The molecule has 3 atom stereocenters. The summed E-state index contributed by atoms with van der Waals surface area (Å²) in [5.41, 5.74) is 3.40. The molecule has 3 unspecified atom stereocenters. The molecule has 8 heteroatoms. The first-order valence-electron chi connectivity index (χ1n) is 12.1. The topological polar surface area (TPSA) is 114 Å². The minimum absolute atomic E-state index is 0.0717. The molecule has 1 aliphatic carbocycles. The third-order valence-corrected chi connectivity index (χ3v) is 7.06. The lowest BCUT2D eigenvalue weighted by molar-refractivity contribution is -0.144. The Hall–Kier alpha value is -3.39. The van der Waals surface area contributed by atoms with E-state index in [0.717, 1.165) is 28.7 Å². The van der Waals surface area contributed by atoms with Crippen molar-refractivity contribution in [2.75, 3.05) is 19.8 Å². The summed E-state index contributed by atoms with van der Waals surface area (Å²) >= 11 is 0. The molecule has 186 valence electrons. The largest absolute Gasteiger partial charge is 0.480 e. The third kappa shape index (κ3) is 5.03. The number of aliphatic carboxylic acids is 1. The smallest absolute Gasteiger partial charge is 0.407 e.